The molecule has 0 saturated carbocycles. The summed E-state index contributed by atoms with van der Waals surface area (Å²) in [5.74, 6) is 0.0315. The Hall–Kier alpha value is -2.28. The molecule has 1 aromatic carbocycles. The zero-order chi connectivity index (χ0) is 20.0. The highest BCUT2D eigenvalue weighted by molar-refractivity contribution is 7.99. The van der Waals surface area contributed by atoms with E-state index in [1.54, 1.807) is 11.1 Å². The van der Waals surface area contributed by atoms with E-state index in [1.807, 2.05) is 43.7 Å². The molecule has 0 radical (unpaired) electrons. The number of thioether (sulfide) groups is 1. The van der Waals surface area contributed by atoms with Crippen molar-refractivity contribution in [2.75, 3.05) is 18.8 Å². The van der Waals surface area contributed by atoms with Gasteiger partial charge in [-0.1, -0.05) is 23.9 Å². The summed E-state index contributed by atoms with van der Waals surface area (Å²) < 4.78 is 2.00. The molecule has 0 bridgehead atoms. The number of hydrogen-bond acceptors (Lipinski definition) is 4. The molecule has 2 amide bonds. The first kappa shape index (κ1) is 21.0. The van der Waals surface area contributed by atoms with Crippen LogP contribution in [-0.2, 0) is 9.59 Å². The molecule has 1 aromatic heterocycles. The number of imidazole rings is 1. The second-order valence-electron chi connectivity index (χ2n) is 6.72. The summed E-state index contributed by atoms with van der Waals surface area (Å²) in [4.78, 5) is 30.5. The fourth-order valence-corrected chi connectivity index (χ4v) is 3.58. The fourth-order valence-electron chi connectivity index (χ4n) is 2.71. The van der Waals surface area contributed by atoms with Crippen molar-refractivity contribution in [2.24, 2.45) is 0 Å². The number of nitrogens with zero attached hydrogens (tertiary/aromatic N) is 3. The van der Waals surface area contributed by atoms with Crippen molar-refractivity contribution in [2.45, 2.75) is 45.8 Å². The van der Waals surface area contributed by atoms with Gasteiger partial charge in [0, 0.05) is 25.0 Å². The van der Waals surface area contributed by atoms with Crippen molar-refractivity contribution in [3.63, 3.8) is 0 Å². The molecule has 146 valence electrons. The monoisotopic (exact) mass is 388 g/mol. The quantitative estimate of drug-likeness (QED) is 0.706. The number of rotatable bonds is 8. The molecule has 0 fully saturated rings. The molecule has 27 heavy (non-hydrogen) atoms. The molecule has 2 aromatic rings. The van der Waals surface area contributed by atoms with Crippen LogP contribution >= 0.6 is 11.8 Å². The first-order chi connectivity index (χ1) is 12.8. The standard InChI is InChI=1S/C20H28N4O2S/c1-6-23(12-18(25)22-14(2)3)19(26)13-27-20-21-10-11-24(20)17-9-7-8-15(4)16(17)5/h7-11,14H,6,12-13H2,1-5H3,(H,22,25). The number of carbonyl (C=O) groups excluding carboxylic acids is 2. The Morgan fingerprint density at radius 3 is 2.70 bits per heavy atom. The van der Waals surface area contributed by atoms with Crippen molar-refractivity contribution in [3.8, 4) is 5.69 Å². The summed E-state index contributed by atoms with van der Waals surface area (Å²) in [6.07, 6.45) is 3.64. The van der Waals surface area contributed by atoms with Crippen LogP contribution in [0.15, 0.2) is 35.7 Å². The predicted molar refractivity (Wildman–Crippen MR) is 109 cm³/mol. The van der Waals surface area contributed by atoms with E-state index in [1.165, 1.54) is 22.9 Å². The Labute approximate surface area is 165 Å². The van der Waals surface area contributed by atoms with E-state index < -0.39 is 0 Å². The second-order valence-corrected chi connectivity index (χ2v) is 7.66. The molecular weight excluding hydrogens is 360 g/mol. The van der Waals surface area contributed by atoms with E-state index in [4.69, 9.17) is 0 Å². The van der Waals surface area contributed by atoms with E-state index in [-0.39, 0.29) is 30.2 Å². The summed E-state index contributed by atoms with van der Waals surface area (Å²) >= 11 is 1.38. The molecule has 2 rings (SSSR count). The van der Waals surface area contributed by atoms with Crippen LogP contribution in [-0.4, -0.2) is 51.1 Å². The molecule has 7 heteroatoms. The fraction of sp³-hybridized carbons (Fsp3) is 0.450. The van der Waals surface area contributed by atoms with E-state index in [9.17, 15) is 9.59 Å². The third kappa shape index (κ3) is 5.60. The van der Waals surface area contributed by atoms with Gasteiger partial charge in [0.1, 0.15) is 0 Å². The highest BCUT2D eigenvalue weighted by atomic mass is 32.2. The number of likely N-dealkylation sites (N-methyl/N-ethyl adjacent to an activating group) is 1. The average molecular weight is 389 g/mol. The first-order valence-electron chi connectivity index (χ1n) is 9.13. The zero-order valence-electron chi connectivity index (χ0n) is 16.7. The highest BCUT2D eigenvalue weighted by Gasteiger charge is 2.18. The summed E-state index contributed by atoms with van der Waals surface area (Å²) in [6, 6.07) is 6.20. The number of aryl methyl sites for hydroxylation is 1. The van der Waals surface area contributed by atoms with Crippen molar-refractivity contribution in [3.05, 3.63) is 41.7 Å². The van der Waals surface area contributed by atoms with Gasteiger partial charge in [-0.05, 0) is 51.8 Å². The SMILES string of the molecule is CCN(CC(=O)NC(C)C)C(=O)CSc1nccn1-c1cccc(C)c1C. The Bertz CT molecular complexity index is 801. The van der Waals surface area contributed by atoms with Gasteiger partial charge in [0.2, 0.25) is 11.8 Å². The smallest absolute Gasteiger partial charge is 0.239 e. The van der Waals surface area contributed by atoms with Gasteiger partial charge in [0.25, 0.3) is 0 Å². The minimum atomic E-state index is -0.137. The predicted octanol–water partition coefficient (Wildman–Crippen LogP) is 2.95. The summed E-state index contributed by atoms with van der Waals surface area (Å²) in [5, 5.41) is 3.58. The van der Waals surface area contributed by atoms with Gasteiger partial charge in [-0.25, -0.2) is 4.98 Å². The lowest BCUT2D eigenvalue weighted by atomic mass is 10.1. The first-order valence-corrected chi connectivity index (χ1v) is 10.1. The highest BCUT2D eigenvalue weighted by Crippen LogP contribution is 2.24. The number of benzene rings is 1. The lowest BCUT2D eigenvalue weighted by molar-refractivity contribution is -0.134. The molecule has 0 aliphatic heterocycles. The lowest BCUT2D eigenvalue weighted by Gasteiger charge is -2.21. The van der Waals surface area contributed by atoms with Crippen LogP contribution in [0.25, 0.3) is 5.69 Å². The lowest BCUT2D eigenvalue weighted by Crippen LogP contribution is -2.43. The maximum atomic E-state index is 12.5. The Kier molecular flexibility index (Phi) is 7.47. The minimum Gasteiger partial charge on any atom is -0.352 e. The van der Waals surface area contributed by atoms with E-state index in [2.05, 4.69) is 30.2 Å². The van der Waals surface area contributed by atoms with Crippen LogP contribution in [0.4, 0.5) is 0 Å². The van der Waals surface area contributed by atoms with Gasteiger partial charge in [0.05, 0.1) is 18.0 Å². The molecule has 0 unspecified atom stereocenters. The molecular formula is C20H28N4O2S. The minimum absolute atomic E-state index is 0.0609. The molecule has 1 N–H and O–H groups in total. The summed E-state index contributed by atoms with van der Waals surface area (Å²) in [6.45, 7) is 10.4. The Morgan fingerprint density at radius 2 is 2.04 bits per heavy atom. The maximum Gasteiger partial charge on any atom is 0.239 e. The van der Waals surface area contributed by atoms with Gasteiger partial charge in [-0.2, -0.15) is 0 Å². The maximum absolute atomic E-state index is 12.5. The average Bonchev–Trinajstić information content (AvgIpc) is 3.07. The van der Waals surface area contributed by atoms with Crippen LogP contribution in [0, 0.1) is 13.8 Å². The van der Waals surface area contributed by atoms with Crippen molar-refractivity contribution in [1.82, 2.24) is 19.8 Å². The van der Waals surface area contributed by atoms with Crippen molar-refractivity contribution in [1.29, 1.82) is 0 Å². The molecule has 0 aliphatic rings. The van der Waals surface area contributed by atoms with E-state index in [0.29, 0.717) is 6.54 Å². The molecule has 0 aliphatic carbocycles. The van der Waals surface area contributed by atoms with Gasteiger partial charge in [-0.3, -0.25) is 14.2 Å². The van der Waals surface area contributed by atoms with Gasteiger partial charge >= 0.3 is 0 Å². The van der Waals surface area contributed by atoms with Crippen LogP contribution in [0.2, 0.25) is 0 Å². The van der Waals surface area contributed by atoms with Crippen LogP contribution in [0.1, 0.15) is 31.9 Å². The van der Waals surface area contributed by atoms with Gasteiger partial charge < -0.3 is 10.2 Å². The second kappa shape index (κ2) is 9.60. The number of nitrogens with one attached hydrogen (secondary N) is 1. The largest absolute Gasteiger partial charge is 0.352 e. The third-order valence-electron chi connectivity index (χ3n) is 4.29. The topological polar surface area (TPSA) is 67.2 Å². The molecule has 1 heterocycles. The molecule has 0 spiro atoms. The van der Waals surface area contributed by atoms with Crippen LogP contribution in [0.5, 0.6) is 0 Å². The summed E-state index contributed by atoms with van der Waals surface area (Å²) in [5.41, 5.74) is 3.46. The normalized spacial score (nSPS) is 10.9. The van der Waals surface area contributed by atoms with Gasteiger partial charge in [0.15, 0.2) is 5.16 Å². The van der Waals surface area contributed by atoms with Crippen molar-refractivity contribution < 1.29 is 9.59 Å². The third-order valence-corrected chi connectivity index (χ3v) is 5.24. The number of carbonyl (C=O) groups is 2. The Morgan fingerprint density at radius 1 is 1.30 bits per heavy atom. The van der Waals surface area contributed by atoms with Crippen LogP contribution in [0.3, 0.4) is 0 Å². The molecule has 0 saturated heterocycles. The number of aromatic nitrogens is 2. The van der Waals surface area contributed by atoms with Gasteiger partial charge in [-0.15, -0.1) is 0 Å². The molecule has 0 atom stereocenters. The van der Waals surface area contributed by atoms with Crippen LogP contribution < -0.4 is 5.32 Å². The number of hydrogen-bond donors (Lipinski definition) is 1. The zero-order valence-corrected chi connectivity index (χ0v) is 17.5. The molecule has 6 nitrogen and oxygen atoms in total. The van der Waals surface area contributed by atoms with Crippen molar-refractivity contribution >= 4 is 23.6 Å². The van der Waals surface area contributed by atoms with E-state index in [0.717, 1.165) is 10.8 Å². The number of amides is 2. The summed E-state index contributed by atoms with van der Waals surface area (Å²) in [7, 11) is 0. The van der Waals surface area contributed by atoms with E-state index >= 15 is 0 Å². The Balaban J connectivity index is 2.04.